The minimum Gasteiger partial charge on any atom is -0.468 e. The monoisotopic (exact) mass is 203 g/mol. The Labute approximate surface area is 79.9 Å². The maximum atomic E-state index is 11.3. The van der Waals surface area contributed by atoms with Gasteiger partial charge >= 0.3 is 5.97 Å². The molecule has 5 heteroatoms. The summed E-state index contributed by atoms with van der Waals surface area (Å²) < 4.78 is 6.33. The lowest BCUT2D eigenvalue weighted by Crippen LogP contribution is -2.47. The topological polar surface area (TPSA) is 46.6 Å². The van der Waals surface area contributed by atoms with E-state index in [2.05, 4.69) is 14.1 Å². The van der Waals surface area contributed by atoms with Gasteiger partial charge in [-0.3, -0.25) is 14.3 Å². The molecule has 1 rings (SSSR count). The second-order valence-electron chi connectivity index (χ2n) is 3.36. The van der Waals surface area contributed by atoms with Gasteiger partial charge in [0, 0.05) is 6.42 Å². The summed E-state index contributed by atoms with van der Waals surface area (Å²) >= 11 is 0. The molecule has 13 heavy (non-hydrogen) atoms. The fourth-order valence-electron chi connectivity index (χ4n) is 1.65. The van der Waals surface area contributed by atoms with Crippen LogP contribution < -0.4 is 0 Å². The third-order valence-electron chi connectivity index (χ3n) is 2.25. The maximum Gasteiger partial charge on any atom is 0.323 e. The average molecular weight is 203 g/mol. The lowest BCUT2D eigenvalue weighted by atomic mass is 9.92. The van der Waals surface area contributed by atoms with Crippen LogP contribution in [-0.2, 0) is 14.3 Å². The third-order valence-corrected chi connectivity index (χ3v) is 2.75. The molecule has 3 unspecified atom stereocenters. The minimum atomic E-state index is -0.298. The van der Waals surface area contributed by atoms with Gasteiger partial charge in [0.05, 0.1) is 13.7 Å². The van der Waals surface area contributed by atoms with Gasteiger partial charge in [0.2, 0.25) is 0 Å². The number of piperidine rings is 1. The first-order chi connectivity index (χ1) is 6.06. The van der Waals surface area contributed by atoms with E-state index in [4.69, 9.17) is 0 Å². The van der Waals surface area contributed by atoms with Crippen LogP contribution in [0.2, 0.25) is 0 Å². The molecule has 0 N–H and O–H groups in total. The molecule has 3 atom stereocenters. The first-order valence-corrected chi connectivity index (χ1v) is 4.68. The Kier molecular flexibility index (Phi) is 3.40. The molecule has 1 aliphatic rings. The van der Waals surface area contributed by atoms with Crippen molar-refractivity contribution in [2.75, 3.05) is 13.7 Å². The number of rotatable bonds is 1. The number of carbonyl (C=O) groups is 2. The highest BCUT2D eigenvalue weighted by Crippen LogP contribution is 2.24. The van der Waals surface area contributed by atoms with Gasteiger partial charge in [0.1, 0.15) is 11.8 Å². The van der Waals surface area contributed by atoms with Crippen LogP contribution in [0.3, 0.4) is 0 Å². The van der Waals surface area contributed by atoms with E-state index < -0.39 is 0 Å². The Hall–Kier alpha value is -0.470. The van der Waals surface area contributed by atoms with E-state index in [1.165, 1.54) is 7.11 Å². The normalized spacial score (nSPS) is 30.2. The summed E-state index contributed by atoms with van der Waals surface area (Å²) in [5, 5.41) is 0. The van der Waals surface area contributed by atoms with Crippen LogP contribution >= 0.6 is 9.39 Å². The molecule has 1 saturated heterocycles. The molecule has 0 saturated carbocycles. The van der Waals surface area contributed by atoms with Crippen LogP contribution in [0.15, 0.2) is 0 Å². The summed E-state index contributed by atoms with van der Waals surface area (Å²) in [4.78, 5) is 22.4. The number of esters is 1. The molecule has 1 aliphatic heterocycles. The Morgan fingerprint density at radius 3 is 2.77 bits per heavy atom. The predicted molar refractivity (Wildman–Crippen MR) is 51.0 cm³/mol. The number of methoxy groups -OCH3 is 1. The van der Waals surface area contributed by atoms with E-state index in [0.717, 1.165) is 0 Å². The standard InChI is InChI=1S/C8H14NO3P/c1-5-3-6(10)4-9(13)7(5)8(11)12-2/h5,7H,3-4,13H2,1-2H3. The van der Waals surface area contributed by atoms with Gasteiger partial charge in [-0.2, -0.15) is 0 Å². The SMILES string of the molecule is COC(=O)C1C(C)CC(=O)CN1P. The van der Waals surface area contributed by atoms with Crippen LogP contribution in [0.25, 0.3) is 0 Å². The molecule has 0 bridgehead atoms. The Morgan fingerprint density at radius 1 is 1.69 bits per heavy atom. The van der Waals surface area contributed by atoms with Gasteiger partial charge < -0.3 is 4.74 Å². The number of nitrogens with zero attached hydrogens (tertiary/aromatic N) is 1. The van der Waals surface area contributed by atoms with Crippen LogP contribution in [-0.4, -0.2) is 36.1 Å². The fraction of sp³-hybridized carbons (Fsp3) is 0.750. The van der Waals surface area contributed by atoms with Gasteiger partial charge in [0.15, 0.2) is 0 Å². The number of ketones is 1. The van der Waals surface area contributed by atoms with Crippen molar-refractivity contribution in [3.8, 4) is 0 Å². The molecule has 0 aromatic carbocycles. The van der Waals surface area contributed by atoms with Crippen molar-refractivity contribution in [3.05, 3.63) is 0 Å². The smallest absolute Gasteiger partial charge is 0.323 e. The molecular weight excluding hydrogens is 189 g/mol. The van der Waals surface area contributed by atoms with E-state index >= 15 is 0 Å². The van der Waals surface area contributed by atoms with Crippen LogP contribution in [0.4, 0.5) is 0 Å². The quantitative estimate of drug-likeness (QED) is 0.452. The molecule has 0 aliphatic carbocycles. The van der Waals surface area contributed by atoms with Crippen molar-refractivity contribution >= 4 is 21.1 Å². The lowest BCUT2D eigenvalue weighted by molar-refractivity contribution is -0.148. The van der Waals surface area contributed by atoms with E-state index in [0.29, 0.717) is 13.0 Å². The first-order valence-electron chi connectivity index (χ1n) is 4.17. The molecule has 0 amide bonds. The Bertz CT molecular complexity index is 217. The summed E-state index contributed by atoms with van der Waals surface area (Å²) in [5.74, 6) is -0.0659. The molecule has 0 aromatic rings. The molecule has 1 fully saturated rings. The highest BCUT2D eigenvalue weighted by molar-refractivity contribution is 7.13. The van der Waals surface area contributed by atoms with Gasteiger partial charge in [-0.15, -0.1) is 0 Å². The maximum absolute atomic E-state index is 11.3. The van der Waals surface area contributed by atoms with Crippen molar-refractivity contribution in [1.82, 2.24) is 4.67 Å². The molecule has 0 radical (unpaired) electrons. The number of ether oxygens (including phenoxy) is 1. The van der Waals surface area contributed by atoms with Crippen molar-refractivity contribution in [2.45, 2.75) is 19.4 Å². The molecular formula is C8H14NO3P. The summed E-state index contributed by atoms with van der Waals surface area (Å²) in [5.41, 5.74) is 0. The molecule has 4 nitrogen and oxygen atoms in total. The van der Waals surface area contributed by atoms with E-state index in [1.807, 2.05) is 6.92 Å². The second kappa shape index (κ2) is 4.16. The number of hydrogen-bond donors (Lipinski definition) is 0. The average Bonchev–Trinajstić information content (AvgIpc) is 2.02. The molecule has 0 spiro atoms. The van der Waals surface area contributed by atoms with Crippen molar-refractivity contribution in [1.29, 1.82) is 0 Å². The fourth-order valence-corrected chi connectivity index (χ4v) is 2.27. The van der Waals surface area contributed by atoms with E-state index in [-0.39, 0.29) is 23.7 Å². The van der Waals surface area contributed by atoms with Gasteiger partial charge in [0.25, 0.3) is 0 Å². The number of Topliss-reactive ketones (excluding diaryl/α,β-unsaturated/α-hetero) is 1. The van der Waals surface area contributed by atoms with Gasteiger partial charge in [-0.25, -0.2) is 0 Å². The van der Waals surface area contributed by atoms with Gasteiger partial charge in [-0.1, -0.05) is 16.3 Å². The zero-order valence-corrected chi connectivity index (χ0v) is 8.97. The predicted octanol–water partition coefficient (Wildman–Crippen LogP) is 0.229. The summed E-state index contributed by atoms with van der Waals surface area (Å²) in [7, 11) is 3.77. The van der Waals surface area contributed by atoms with Crippen LogP contribution in [0, 0.1) is 5.92 Å². The third kappa shape index (κ3) is 2.26. The Balaban J connectivity index is 2.72. The highest BCUT2D eigenvalue weighted by atomic mass is 31.0. The van der Waals surface area contributed by atoms with Crippen molar-refractivity contribution in [2.24, 2.45) is 5.92 Å². The highest BCUT2D eigenvalue weighted by Gasteiger charge is 2.36. The number of hydrogen-bond acceptors (Lipinski definition) is 4. The van der Waals surface area contributed by atoms with E-state index in [1.54, 1.807) is 4.67 Å². The van der Waals surface area contributed by atoms with Crippen LogP contribution in [0.5, 0.6) is 0 Å². The largest absolute Gasteiger partial charge is 0.468 e. The Morgan fingerprint density at radius 2 is 2.31 bits per heavy atom. The molecule has 0 aromatic heterocycles. The summed E-state index contributed by atoms with van der Waals surface area (Å²) in [6.45, 7) is 2.20. The zero-order valence-electron chi connectivity index (χ0n) is 7.82. The molecule has 74 valence electrons. The van der Waals surface area contributed by atoms with E-state index in [9.17, 15) is 9.59 Å². The van der Waals surface area contributed by atoms with Crippen molar-refractivity contribution in [3.63, 3.8) is 0 Å². The molecule has 1 heterocycles. The first kappa shape index (κ1) is 10.6. The van der Waals surface area contributed by atoms with Crippen LogP contribution in [0.1, 0.15) is 13.3 Å². The van der Waals surface area contributed by atoms with Gasteiger partial charge in [-0.05, 0) is 5.92 Å². The lowest BCUT2D eigenvalue weighted by Gasteiger charge is -2.33. The van der Waals surface area contributed by atoms with Crippen molar-refractivity contribution < 1.29 is 14.3 Å². The zero-order chi connectivity index (χ0) is 10.0. The minimum absolute atomic E-state index is 0.0335. The second-order valence-corrected chi connectivity index (χ2v) is 4.02. The number of carbonyl (C=O) groups excluding carboxylic acids is 2. The summed E-state index contributed by atoms with van der Waals surface area (Å²) in [6, 6.07) is -0.298. The summed E-state index contributed by atoms with van der Waals surface area (Å²) in [6.07, 6.45) is 0.463.